The van der Waals surface area contributed by atoms with Gasteiger partial charge >= 0.3 is 0 Å². The van der Waals surface area contributed by atoms with Crippen molar-refractivity contribution in [2.24, 2.45) is 7.05 Å². The Labute approximate surface area is 96.6 Å². The fourth-order valence-corrected chi connectivity index (χ4v) is 1.63. The highest BCUT2D eigenvalue weighted by molar-refractivity contribution is 5.64. The first-order chi connectivity index (χ1) is 7.43. The van der Waals surface area contributed by atoms with Crippen molar-refractivity contribution < 1.29 is 5.11 Å². The van der Waals surface area contributed by atoms with Crippen molar-refractivity contribution in [3.63, 3.8) is 0 Å². The lowest BCUT2D eigenvalue weighted by Crippen LogP contribution is -2.35. The van der Waals surface area contributed by atoms with Gasteiger partial charge in [0.05, 0.1) is 17.0 Å². The second kappa shape index (κ2) is 4.74. The average molecular weight is 226 g/mol. The highest BCUT2D eigenvalue weighted by Gasteiger charge is 2.23. The lowest BCUT2D eigenvalue weighted by molar-refractivity contribution is 0.0456. The van der Waals surface area contributed by atoms with Crippen LogP contribution in [0.2, 0.25) is 0 Å². The molecule has 0 radical (unpaired) electrons. The second-order valence-electron chi connectivity index (χ2n) is 4.26. The fourth-order valence-electron chi connectivity index (χ4n) is 1.63. The number of rotatable bonds is 5. The molecular weight excluding hydrogens is 204 g/mol. The molecule has 5 heteroatoms. The third kappa shape index (κ3) is 2.47. The maximum Gasteiger partial charge on any atom is 0.147 e. The second-order valence-corrected chi connectivity index (χ2v) is 4.26. The minimum absolute atomic E-state index is 0.489. The Hall–Kier alpha value is -1.23. The summed E-state index contributed by atoms with van der Waals surface area (Å²) in [5.41, 5.74) is 6.67. The van der Waals surface area contributed by atoms with Crippen molar-refractivity contribution in [2.45, 2.75) is 39.2 Å². The number of nitrogens with one attached hydrogen (secondary N) is 1. The van der Waals surface area contributed by atoms with Crippen molar-refractivity contribution in [3.05, 3.63) is 5.69 Å². The Bertz CT molecular complexity index is 355. The number of hydrogen-bond acceptors (Lipinski definition) is 4. The van der Waals surface area contributed by atoms with E-state index >= 15 is 0 Å². The summed E-state index contributed by atoms with van der Waals surface area (Å²) in [6.45, 7) is 6.31. The zero-order valence-corrected chi connectivity index (χ0v) is 10.5. The highest BCUT2D eigenvalue weighted by Crippen LogP contribution is 2.23. The van der Waals surface area contributed by atoms with E-state index in [4.69, 9.17) is 5.73 Å². The quantitative estimate of drug-likeness (QED) is 0.706. The van der Waals surface area contributed by atoms with Crippen molar-refractivity contribution in [1.82, 2.24) is 9.78 Å². The maximum absolute atomic E-state index is 10.1. The number of aryl methyl sites for hydroxylation is 2. The molecule has 16 heavy (non-hydrogen) atoms. The first kappa shape index (κ1) is 12.8. The molecule has 0 unspecified atom stereocenters. The molecule has 5 nitrogen and oxygen atoms in total. The summed E-state index contributed by atoms with van der Waals surface area (Å²) in [4.78, 5) is 0. The average Bonchev–Trinajstić information content (AvgIpc) is 2.51. The summed E-state index contributed by atoms with van der Waals surface area (Å²) in [6, 6.07) is 0. The number of hydrogen-bond donors (Lipinski definition) is 3. The first-order valence-corrected chi connectivity index (χ1v) is 5.69. The molecule has 1 aromatic rings. The molecule has 0 amide bonds. The molecule has 1 rings (SSSR count). The lowest BCUT2D eigenvalue weighted by Gasteiger charge is -2.26. The van der Waals surface area contributed by atoms with E-state index in [2.05, 4.69) is 10.4 Å². The van der Waals surface area contributed by atoms with E-state index in [1.54, 1.807) is 4.68 Å². The van der Waals surface area contributed by atoms with Crippen LogP contribution in [0.15, 0.2) is 0 Å². The van der Waals surface area contributed by atoms with E-state index in [0.717, 1.165) is 11.5 Å². The molecular formula is C11H22N4O. The summed E-state index contributed by atoms with van der Waals surface area (Å²) in [5.74, 6) is 0.776. The van der Waals surface area contributed by atoms with Gasteiger partial charge in [0, 0.05) is 13.6 Å². The zero-order chi connectivity index (χ0) is 12.3. The third-order valence-corrected chi connectivity index (χ3v) is 3.17. The minimum atomic E-state index is -0.676. The molecule has 0 saturated heterocycles. The van der Waals surface area contributed by atoms with Gasteiger partial charge in [-0.3, -0.25) is 4.68 Å². The number of aromatic nitrogens is 2. The van der Waals surface area contributed by atoms with Crippen LogP contribution in [0, 0.1) is 6.92 Å². The number of anilines is 2. The summed E-state index contributed by atoms with van der Waals surface area (Å²) >= 11 is 0. The molecule has 0 aliphatic carbocycles. The number of nitrogen functional groups attached to an aromatic ring is 1. The van der Waals surface area contributed by atoms with E-state index in [-0.39, 0.29) is 0 Å². The topological polar surface area (TPSA) is 76.1 Å². The van der Waals surface area contributed by atoms with Crippen LogP contribution in [0.25, 0.3) is 0 Å². The van der Waals surface area contributed by atoms with Gasteiger partial charge in [-0.25, -0.2) is 0 Å². The van der Waals surface area contributed by atoms with Gasteiger partial charge in [-0.15, -0.1) is 0 Å². The molecule has 0 fully saturated rings. The summed E-state index contributed by atoms with van der Waals surface area (Å²) in [5, 5.41) is 17.5. The molecule has 92 valence electrons. The Morgan fingerprint density at radius 2 is 2.00 bits per heavy atom. The molecule has 1 aromatic heterocycles. The zero-order valence-electron chi connectivity index (χ0n) is 10.5. The van der Waals surface area contributed by atoms with Crippen molar-refractivity contribution in [2.75, 3.05) is 17.6 Å². The minimum Gasteiger partial charge on any atom is -0.394 e. The number of aliphatic hydroxyl groups is 1. The van der Waals surface area contributed by atoms with E-state index in [1.165, 1.54) is 0 Å². The van der Waals surface area contributed by atoms with Gasteiger partial charge in [-0.2, -0.15) is 5.10 Å². The Morgan fingerprint density at radius 3 is 2.38 bits per heavy atom. The first-order valence-electron chi connectivity index (χ1n) is 5.69. The molecule has 4 N–H and O–H groups in total. The van der Waals surface area contributed by atoms with Crippen molar-refractivity contribution in [1.29, 1.82) is 0 Å². The highest BCUT2D eigenvalue weighted by atomic mass is 16.3. The standard InChI is InChI=1S/C11H22N4O/c1-5-11(16,6-2)7-13-10-9(12)8(3)14-15(10)4/h13,16H,5-7,12H2,1-4H3. The predicted octanol–water partition coefficient (Wildman–Crippen LogP) is 1.27. The maximum atomic E-state index is 10.1. The van der Waals surface area contributed by atoms with E-state index in [9.17, 15) is 5.11 Å². The van der Waals surface area contributed by atoms with Crippen LogP contribution in [0.1, 0.15) is 32.4 Å². The summed E-state index contributed by atoms with van der Waals surface area (Å²) < 4.78 is 1.70. The van der Waals surface area contributed by atoms with E-state index in [1.807, 2.05) is 27.8 Å². The number of nitrogens with two attached hydrogens (primary N) is 1. The SMILES string of the molecule is CCC(O)(CC)CNc1c(N)c(C)nn1C. The summed E-state index contributed by atoms with van der Waals surface area (Å²) in [7, 11) is 1.84. The molecule has 0 atom stereocenters. The lowest BCUT2D eigenvalue weighted by atomic mass is 9.98. The largest absolute Gasteiger partial charge is 0.394 e. The third-order valence-electron chi connectivity index (χ3n) is 3.17. The van der Waals surface area contributed by atoms with Crippen LogP contribution in [0.3, 0.4) is 0 Å². The number of nitrogens with zero attached hydrogens (tertiary/aromatic N) is 2. The van der Waals surface area contributed by atoms with Gasteiger partial charge in [0.1, 0.15) is 5.82 Å². The van der Waals surface area contributed by atoms with Crippen LogP contribution in [-0.2, 0) is 7.05 Å². The van der Waals surface area contributed by atoms with E-state index in [0.29, 0.717) is 25.1 Å². The summed E-state index contributed by atoms with van der Waals surface area (Å²) in [6.07, 6.45) is 1.43. The van der Waals surface area contributed by atoms with Gasteiger partial charge < -0.3 is 16.2 Å². The fraction of sp³-hybridized carbons (Fsp3) is 0.727. The van der Waals surface area contributed by atoms with Crippen LogP contribution < -0.4 is 11.1 Å². The smallest absolute Gasteiger partial charge is 0.147 e. The molecule has 0 bridgehead atoms. The Balaban J connectivity index is 2.74. The normalized spacial score (nSPS) is 11.8. The molecule has 0 saturated carbocycles. The monoisotopic (exact) mass is 226 g/mol. The van der Waals surface area contributed by atoms with Crippen LogP contribution >= 0.6 is 0 Å². The van der Waals surface area contributed by atoms with Gasteiger partial charge in [0.15, 0.2) is 0 Å². The van der Waals surface area contributed by atoms with Gasteiger partial charge in [0.2, 0.25) is 0 Å². The molecule has 0 aromatic carbocycles. The molecule has 0 spiro atoms. The van der Waals surface area contributed by atoms with Gasteiger partial charge in [-0.05, 0) is 19.8 Å². The predicted molar refractivity (Wildman–Crippen MR) is 66.4 cm³/mol. The van der Waals surface area contributed by atoms with Crippen LogP contribution in [0.4, 0.5) is 11.5 Å². The van der Waals surface area contributed by atoms with Gasteiger partial charge in [-0.1, -0.05) is 13.8 Å². The molecule has 0 aliphatic heterocycles. The Kier molecular flexibility index (Phi) is 3.80. The van der Waals surface area contributed by atoms with Gasteiger partial charge in [0.25, 0.3) is 0 Å². The van der Waals surface area contributed by atoms with Crippen LogP contribution in [0.5, 0.6) is 0 Å². The molecule has 0 aliphatic rings. The van der Waals surface area contributed by atoms with E-state index < -0.39 is 5.60 Å². The van der Waals surface area contributed by atoms with Crippen molar-refractivity contribution in [3.8, 4) is 0 Å². The Morgan fingerprint density at radius 1 is 1.44 bits per heavy atom. The molecule has 1 heterocycles. The van der Waals surface area contributed by atoms with Crippen LogP contribution in [-0.4, -0.2) is 27.0 Å². The van der Waals surface area contributed by atoms with Crippen molar-refractivity contribution >= 4 is 11.5 Å².